The summed E-state index contributed by atoms with van der Waals surface area (Å²) in [6.45, 7) is 4.53. The van der Waals surface area contributed by atoms with Crippen molar-refractivity contribution in [2.24, 2.45) is 11.1 Å². The van der Waals surface area contributed by atoms with Crippen molar-refractivity contribution in [1.29, 1.82) is 0 Å². The number of nitrogens with zero attached hydrogens (tertiary/aromatic N) is 1. The molecule has 2 N–H and O–H groups in total. The van der Waals surface area contributed by atoms with E-state index in [2.05, 4.69) is 15.8 Å². The van der Waals surface area contributed by atoms with E-state index in [-0.39, 0.29) is 18.1 Å². The van der Waals surface area contributed by atoms with E-state index in [0.29, 0.717) is 30.2 Å². The summed E-state index contributed by atoms with van der Waals surface area (Å²) in [6, 6.07) is 14.7. The minimum absolute atomic E-state index is 0.209. The molecule has 1 aliphatic heterocycles. The molecule has 0 aromatic heterocycles. The van der Waals surface area contributed by atoms with Gasteiger partial charge >= 0.3 is 0 Å². The molecular formula is C23H26FN3O3. The number of amides is 2. The van der Waals surface area contributed by atoms with E-state index in [1.54, 1.807) is 12.1 Å². The Morgan fingerprint density at radius 2 is 1.93 bits per heavy atom. The zero-order valence-corrected chi connectivity index (χ0v) is 17.1. The summed E-state index contributed by atoms with van der Waals surface area (Å²) in [5.74, 6) is -0.758. The van der Waals surface area contributed by atoms with E-state index >= 15 is 0 Å². The molecule has 1 aliphatic rings. The van der Waals surface area contributed by atoms with Crippen molar-refractivity contribution in [1.82, 2.24) is 10.6 Å². The Bertz CT molecular complexity index is 915. The predicted octanol–water partition coefficient (Wildman–Crippen LogP) is 2.82. The van der Waals surface area contributed by atoms with Gasteiger partial charge in [-0.3, -0.25) is 9.59 Å². The van der Waals surface area contributed by atoms with E-state index in [1.165, 1.54) is 12.1 Å². The van der Waals surface area contributed by atoms with Crippen LogP contribution in [0.25, 0.3) is 0 Å². The maximum absolute atomic E-state index is 13.5. The normalized spacial score (nSPS) is 16.5. The van der Waals surface area contributed by atoms with Crippen molar-refractivity contribution in [2.45, 2.75) is 38.8 Å². The standard InChI is InChI=1S/C23H26FN3O3/c1-15(2)14-25-22(28)20(11-16-7-4-3-5-8-16)26-23(29)21-13-19(27-30-21)17-9-6-10-18(24)12-17/h3-10,12,15,20-21H,11,13-14H2,1-2H3,(H,25,28)(H,26,29)/t20-,21-/m0/s1. The van der Waals surface area contributed by atoms with E-state index in [9.17, 15) is 14.0 Å². The highest BCUT2D eigenvalue weighted by molar-refractivity contribution is 6.04. The third kappa shape index (κ3) is 5.89. The van der Waals surface area contributed by atoms with Gasteiger partial charge in [-0.2, -0.15) is 0 Å². The lowest BCUT2D eigenvalue weighted by Crippen LogP contribution is -2.51. The lowest BCUT2D eigenvalue weighted by Gasteiger charge is -2.20. The number of rotatable bonds is 8. The molecule has 7 heteroatoms. The summed E-state index contributed by atoms with van der Waals surface area (Å²) in [4.78, 5) is 30.7. The van der Waals surface area contributed by atoms with Crippen LogP contribution in [0.15, 0.2) is 59.8 Å². The number of nitrogens with one attached hydrogen (secondary N) is 2. The number of carbonyl (C=O) groups excluding carboxylic acids is 2. The fourth-order valence-electron chi connectivity index (χ4n) is 3.11. The van der Waals surface area contributed by atoms with Crippen LogP contribution < -0.4 is 10.6 Å². The molecule has 1 heterocycles. The Labute approximate surface area is 175 Å². The predicted molar refractivity (Wildman–Crippen MR) is 112 cm³/mol. The minimum atomic E-state index is -0.862. The van der Waals surface area contributed by atoms with Gasteiger partial charge in [-0.05, 0) is 23.6 Å². The SMILES string of the molecule is CC(C)CNC(=O)[C@H](Cc1ccccc1)NC(=O)[C@@H]1CC(c2cccc(F)c2)=NO1. The van der Waals surface area contributed by atoms with E-state index in [0.717, 1.165) is 5.56 Å². The van der Waals surface area contributed by atoms with Gasteiger partial charge in [-0.25, -0.2) is 4.39 Å². The molecule has 2 aromatic carbocycles. The van der Waals surface area contributed by atoms with Crippen LogP contribution in [0.2, 0.25) is 0 Å². The summed E-state index contributed by atoms with van der Waals surface area (Å²) in [6.07, 6.45) is -0.290. The lowest BCUT2D eigenvalue weighted by molar-refractivity contribution is -0.135. The van der Waals surface area contributed by atoms with E-state index < -0.39 is 18.1 Å². The van der Waals surface area contributed by atoms with Crippen molar-refractivity contribution in [3.63, 3.8) is 0 Å². The quantitative estimate of drug-likeness (QED) is 0.701. The Hall–Kier alpha value is -3.22. The first-order chi connectivity index (χ1) is 14.4. The number of benzene rings is 2. The van der Waals surface area contributed by atoms with Gasteiger partial charge in [0, 0.05) is 24.9 Å². The van der Waals surface area contributed by atoms with Crippen LogP contribution in [0.3, 0.4) is 0 Å². The molecule has 2 aromatic rings. The number of hydrogen-bond donors (Lipinski definition) is 2. The molecule has 2 atom stereocenters. The van der Waals surface area contributed by atoms with Crippen LogP contribution in [0, 0.1) is 11.7 Å². The van der Waals surface area contributed by atoms with Gasteiger partial charge in [0.1, 0.15) is 11.9 Å². The van der Waals surface area contributed by atoms with Crippen LogP contribution in [-0.4, -0.2) is 36.2 Å². The monoisotopic (exact) mass is 411 g/mol. The maximum Gasteiger partial charge on any atom is 0.265 e. The lowest BCUT2D eigenvalue weighted by atomic mass is 10.0. The molecular weight excluding hydrogens is 385 g/mol. The van der Waals surface area contributed by atoms with Crippen LogP contribution in [0.1, 0.15) is 31.4 Å². The summed E-state index contributed by atoms with van der Waals surface area (Å²) >= 11 is 0. The zero-order valence-electron chi connectivity index (χ0n) is 17.1. The molecule has 0 saturated carbocycles. The molecule has 158 valence electrons. The summed E-state index contributed by atoms with van der Waals surface area (Å²) in [7, 11) is 0. The topological polar surface area (TPSA) is 79.8 Å². The van der Waals surface area contributed by atoms with Crippen LogP contribution in [-0.2, 0) is 20.8 Å². The highest BCUT2D eigenvalue weighted by atomic mass is 19.1. The Morgan fingerprint density at radius 1 is 1.17 bits per heavy atom. The number of halogens is 1. The molecule has 0 fully saturated rings. The van der Waals surface area contributed by atoms with Gasteiger partial charge < -0.3 is 15.5 Å². The van der Waals surface area contributed by atoms with Crippen LogP contribution in [0.4, 0.5) is 4.39 Å². The van der Waals surface area contributed by atoms with Crippen molar-refractivity contribution >= 4 is 17.5 Å². The molecule has 6 nitrogen and oxygen atoms in total. The summed E-state index contributed by atoms with van der Waals surface area (Å²) in [5.41, 5.74) is 2.01. The third-order valence-corrected chi connectivity index (χ3v) is 4.72. The first kappa shape index (κ1) is 21.5. The van der Waals surface area contributed by atoms with Crippen LogP contribution >= 0.6 is 0 Å². The van der Waals surface area contributed by atoms with Crippen molar-refractivity contribution in [2.75, 3.05) is 6.54 Å². The first-order valence-corrected chi connectivity index (χ1v) is 10.0. The fourth-order valence-corrected chi connectivity index (χ4v) is 3.11. The summed E-state index contributed by atoms with van der Waals surface area (Å²) < 4.78 is 13.5. The molecule has 0 aliphatic carbocycles. The third-order valence-electron chi connectivity index (χ3n) is 4.72. The maximum atomic E-state index is 13.5. The molecule has 0 radical (unpaired) electrons. The van der Waals surface area contributed by atoms with Gasteiger partial charge in [0.25, 0.3) is 5.91 Å². The highest BCUT2D eigenvalue weighted by Crippen LogP contribution is 2.18. The fraction of sp³-hybridized carbons (Fsp3) is 0.348. The van der Waals surface area contributed by atoms with Crippen molar-refractivity contribution < 1.29 is 18.8 Å². The van der Waals surface area contributed by atoms with Crippen LogP contribution in [0.5, 0.6) is 0 Å². The van der Waals surface area contributed by atoms with Gasteiger partial charge in [0.05, 0.1) is 5.71 Å². The minimum Gasteiger partial charge on any atom is -0.382 e. The molecule has 0 spiro atoms. The van der Waals surface area contributed by atoms with E-state index in [1.807, 2.05) is 44.2 Å². The zero-order chi connectivity index (χ0) is 21.5. The second kappa shape index (κ2) is 10.0. The molecule has 0 unspecified atom stereocenters. The average Bonchev–Trinajstić information content (AvgIpc) is 3.23. The van der Waals surface area contributed by atoms with Gasteiger partial charge in [0.2, 0.25) is 12.0 Å². The second-order valence-corrected chi connectivity index (χ2v) is 7.74. The smallest absolute Gasteiger partial charge is 0.265 e. The molecule has 30 heavy (non-hydrogen) atoms. The number of carbonyl (C=O) groups is 2. The Morgan fingerprint density at radius 3 is 2.63 bits per heavy atom. The number of oxime groups is 1. The van der Waals surface area contributed by atoms with Gasteiger partial charge in [-0.15, -0.1) is 0 Å². The molecule has 3 rings (SSSR count). The van der Waals surface area contributed by atoms with Gasteiger partial charge in [0.15, 0.2) is 0 Å². The second-order valence-electron chi connectivity index (χ2n) is 7.74. The largest absolute Gasteiger partial charge is 0.382 e. The summed E-state index contributed by atoms with van der Waals surface area (Å²) in [5, 5.41) is 9.60. The Balaban J connectivity index is 1.64. The van der Waals surface area contributed by atoms with E-state index in [4.69, 9.17) is 4.84 Å². The highest BCUT2D eigenvalue weighted by Gasteiger charge is 2.32. The molecule has 0 saturated heterocycles. The first-order valence-electron chi connectivity index (χ1n) is 10.0. The van der Waals surface area contributed by atoms with Gasteiger partial charge in [-0.1, -0.05) is 61.5 Å². The average molecular weight is 411 g/mol. The Kier molecular flexibility index (Phi) is 7.17. The van der Waals surface area contributed by atoms with Crippen molar-refractivity contribution in [3.8, 4) is 0 Å². The molecule has 2 amide bonds. The molecule has 0 bridgehead atoms. The van der Waals surface area contributed by atoms with Crippen molar-refractivity contribution in [3.05, 3.63) is 71.5 Å². The number of hydrogen-bond acceptors (Lipinski definition) is 4.